The number of fused-ring (bicyclic) bond motifs is 1. The number of azo groups is 1. The molecule has 1 heterocycles. The highest BCUT2D eigenvalue weighted by Gasteiger charge is 2.14. The number of hydrogen-bond donors (Lipinski definition) is 1. The normalized spacial score (nSPS) is 11.4. The van der Waals surface area contributed by atoms with Crippen LogP contribution in [0.2, 0.25) is 0 Å². The molecule has 3 rings (SSSR count). The molecule has 1 N–H and O–H groups in total. The smallest absolute Gasteiger partial charge is 0.269 e. The van der Waals surface area contributed by atoms with Gasteiger partial charge in [0, 0.05) is 24.6 Å². The molecule has 7 heteroatoms. The molecule has 0 radical (unpaired) electrons. The SMILES string of the molecule is Cc1ccc2c(c1)c(N=Nc1ccc([N+](=O)[O-])cc1)c(O)n2C. The van der Waals surface area contributed by atoms with Gasteiger partial charge >= 0.3 is 0 Å². The third-order valence-corrected chi connectivity index (χ3v) is 3.62. The first-order valence-corrected chi connectivity index (χ1v) is 6.91. The van der Waals surface area contributed by atoms with E-state index >= 15 is 0 Å². The van der Waals surface area contributed by atoms with Crippen LogP contribution in [-0.2, 0) is 7.05 Å². The zero-order valence-electron chi connectivity index (χ0n) is 12.6. The van der Waals surface area contributed by atoms with E-state index in [1.54, 1.807) is 11.6 Å². The number of hydrogen-bond acceptors (Lipinski definition) is 5. The maximum absolute atomic E-state index is 10.6. The van der Waals surface area contributed by atoms with Crippen molar-refractivity contribution in [3.05, 3.63) is 58.1 Å². The minimum absolute atomic E-state index is 0.00687. The van der Waals surface area contributed by atoms with Gasteiger partial charge in [-0.05, 0) is 31.2 Å². The Hall–Kier alpha value is -3.22. The molecule has 2 aromatic carbocycles. The molecule has 3 aromatic rings. The van der Waals surface area contributed by atoms with E-state index in [4.69, 9.17) is 0 Å². The van der Waals surface area contributed by atoms with Gasteiger partial charge in [0.2, 0.25) is 5.88 Å². The second-order valence-electron chi connectivity index (χ2n) is 5.23. The lowest BCUT2D eigenvalue weighted by Crippen LogP contribution is -1.85. The minimum atomic E-state index is -0.472. The Morgan fingerprint density at radius 3 is 2.48 bits per heavy atom. The predicted octanol–water partition coefficient (Wildman–Crippen LogP) is 4.52. The lowest BCUT2D eigenvalue weighted by atomic mass is 10.1. The maximum atomic E-state index is 10.6. The van der Waals surface area contributed by atoms with Gasteiger partial charge < -0.3 is 9.67 Å². The van der Waals surface area contributed by atoms with Gasteiger partial charge in [0.1, 0.15) is 0 Å². The molecule has 1 aromatic heterocycles. The monoisotopic (exact) mass is 310 g/mol. The van der Waals surface area contributed by atoms with E-state index in [1.807, 2.05) is 25.1 Å². The van der Waals surface area contributed by atoms with E-state index in [-0.39, 0.29) is 11.6 Å². The van der Waals surface area contributed by atoms with Crippen LogP contribution < -0.4 is 0 Å². The summed E-state index contributed by atoms with van der Waals surface area (Å²) in [6.45, 7) is 1.96. The number of aromatic nitrogens is 1. The first-order chi connectivity index (χ1) is 11.0. The Balaban J connectivity index is 2.02. The second-order valence-corrected chi connectivity index (χ2v) is 5.23. The third kappa shape index (κ3) is 2.64. The molecule has 0 atom stereocenters. The van der Waals surface area contributed by atoms with Crippen molar-refractivity contribution in [2.45, 2.75) is 6.92 Å². The zero-order chi connectivity index (χ0) is 16.6. The molecule has 23 heavy (non-hydrogen) atoms. The number of benzene rings is 2. The lowest BCUT2D eigenvalue weighted by Gasteiger charge is -1.96. The highest BCUT2D eigenvalue weighted by atomic mass is 16.6. The van der Waals surface area contributed by atoms with Crippen LogP contribution in [-0.4, -0.2) is 14.6 Å². The molecule has 0 amide bonds. The molecule has 0 saturated carbocycles. The fraction of sp³-hybridized carbons (Fsp3) is 0.125. The Morgan fingerprint density at radius 2 is 1.83 bits per heavy atom. The number of nitro groups is 1. The molecule has 7 nitrogen and oxygen atoms in total. The quantitative estimate of drug-likeness (QED) is 0.438. The summed E-state index contributed by atoms with van der Waals surface area (Å²) in [5, 5.41) is 29.8. The number of nitrogens with zero attached hydrogens (tertiary/aromatic N) is 4. The molecule has 0 unspecified atom stereocenters. The van der Waals surface area contributed by atoms with Gasteiger partial charge in [0.25, 0.3) is 5.69 Å². The highest BCUT2D eigenvalue weighted by molar-refractivity contribution is 5.95. The molecule has 0 fully saturated rings. The molecule has 0 aliphatic rings. The fourth-order valence-electron chi connectivity index (χ4n) is 2.37. The molecule has 0 spiro atoms. The Bertz CT molecular complexity index is 927. The van der Waals surface area contributed by atoms with E-state index < -0.39 is 4.92 Å². The molecule has 0 aliphatic heterocycles. The molecule has 0 saturated heterocycles. The van der Waals surface area contributed by atoms with Crippen LogP contribution in [0.5, 0.6) is 5.88 Å². The van der Waals surface area contributed by atoms with E-state index in [0.717, 1.165) is 16.5 Å². The predicted molar refractivity (Wildman–Crippen MR) is 86.6 cm³/mol. The number of non-ortho nitro benzene ring substituents is 1. The van der Waals surface area contributed by atoms with Crippen LogP contribution in [0.15, 0.2) is 52.7 Å². The average molecular weight is 310 g/mol. The van der Waals surface area contributed by atoms with Gasteiger partial charge in [-0.3, -0.25) is 10.1 Å². The van der Waals surface area contributed by atoms with E-state index in [0.29, 0.717) is 11.4 Å². The fourth-order valence-corrected chi connectivity index (χ4v) is 2.37. The number of rotatable bonds is 3. The standard InChI is InChI=1S/C16H14N4O3/c1-10-3-8-14-13(9-10)15(16(21)19(14)2)18-17-11-4-6-12(7-5-11)20(22)23/h3-9,21H,1-2H3. The first kappa shape index (κ1) is 14.7. The summed E-state index contributed by atoms with van der Waals surface area (Å²) >= 11 is 0. The molecular formula is C16H14N4O3. The van der Waals surface area contributed by atoms with Crippen LogP contribution >= 0.6 is 0 Å². The Morgan fingerprint density at radius 1 is 1.13 bits per heavy atom. The van der Waals surface area contributed by atoms with Crippen LogP contribution in [0.4, 0.5) is 17.1 Å². The van der Waals surface area contributed by atoms with Crippen molar-refractivity contribution >= 4 is 28.0 Å². The van der Waals surface area contributed by atoms with Gasteiger partial charge in [-0.2, -0.15) is 5.11 Å². The third-order valence-electron chi connectivity index (χ3n) is 3.62. The van der Waals surface area contributed by atoms with Gasteiger partial charge in [-0.25, -0.2) is 0 Å². The molecule has 0 bridgehead atoms. The summed E-state index contributed by atoms with van der Waals surface area (Å²) < 4.78 is 1.64. The lowest BCUT2D eigenvalue weighted by molar-refractivity contribution is -0.384. The van der Waals surface area contributed by atoms with Crippen molar-refractivity contribution in [2.75, 3.05) is 0 Å². The second kappa shape index (κ2) is 5.53. The van der Waals surface area contributed by atoms with Crippen LogP contribution in [0.3, 0.4) is 0 Å². The van der Waals surface area contributed by atoms with Crippen molar-refractivity contribution in [2.24, 2.45) is 17.3 Å². The minimum Gasteiger partial charge on any atom is -0.493 e. The number of aryl methyl sites for hydroxylation is 2. The van der Waals surface area contributed by atoms with Crippen molar-refractivity contribution in [1.29, 1.82) is 0 Å². The summed E-state index contributed by atoms with van der Waals surface area (Å²) in [6, 6.07) is 11.5. The van der Waals surface area contributed by atoms with Crippen molar-refractivity contribution in [3.8, 4) is 5.88 Å². The van der Waals surface area contributed by atoms with Gasteiger partial charge in [0.15, 0.2) is 5.69 Å². The van der Waals surface area contributed by atoms with Crippen LogP contribution in [0.1, 0.15) is 5.56 Å². The van der Waals surface area contributed by atoms with Crippen molar-refractivity contribution in [3.63, 3.8) is 0 Å². The van der Waals surface area contributed by atoms with Gasteiger partial charge in [-0.15, -0.1) is 5.11 Å². The van der Waals surface area contributed by atoms with Crippen molar-refractivity contribution in [1.82, 2.24) is 4.57 Å². The summed E-state index contributed by atoms with van der Waals surface area (Å²) in [6.07, 6.45) is 0. The van der Waals surface area contributed by atoms with Crippen LogP contribution in [0.25, 0.3) is 10.9 Å². The average Bonchev–Trinajstić information content (AvgIpc) is 2.77. The van der Waals surface area contributed by atoms with Crippen LogP contribution in [0, 0.1) is 17.0 Å². The van der Waals surface area contributed by atoms with E-state index in [2.05, 4.69) is 10.2 Å². The first-order valence-electron chi connectivity index (χ1n) is 6.91. The highest BCUT2D eigenvalue weighted by Crippen LogP contribution is 2.39. The largest absolute Gasteiger partial charge is 0.493 e. The maximum Gasteiger partial charge on any atom is 0.269 e. The summed E-state index contributed by atoms with van der Waals surface area (Å²) in [5.41, 5.74) is 2.75. The van der Waals surface area contributed by atoms with E-state index in [9.17, 15) is 15.2 Å². The Kier molecular flexibility index (Phi) is 3.53. The summed E-state index contributed by atoms with van der Waals surface area (Å²) in [4.78, 5) is 10.2. The van der Waals surface area contributed by atoms with E-state index in [1.165, 1.54) is 24.3 Å². The van der Waals surface area contributed by atoms with Gasteiger partial charge in [0.05, 0.1) is 16.1 Å². The number of nitro benzene ring substituents is 1. The summed E-state index contributed by atoms with van der Waals surface area (Å²) in [7, 11) is 1.75. The Labute approximate surface area is 131 Å². The number of aromatic hydroxyl groups is 1. The molecule has 116 valence electrons. The zero-order valence-corrected chi connectivity index (χ0v) is 12.6. The molecule has 0 aliphatic carbocycles. The van der Waals surface area contributed by atoms with Gasteiger partial charge in [-0.1, -0.05) is 11.6 Å². The van der Waals surface area contributed by atoms with Crippen molar-refractivity contribution < 1.29 is 10.0 Å². The molecular weight excluding hydrogens is 296 g/mol. The summed E-state index contributed by atoms with van der Waals surface area (Å²) in [5.74, 6) is 0.0243. The topological polar surface area (TPSA) is 93.0 Å².